The number of fused-ring (bicyclic) bond motifs is 6. The molecule has 12 aromatic rings. The maximum atomic E-state index is 6.49. The molecule has 0 aliphatic heterocycles. The molecular formula is C57H36N4O2. The van der Waals surface area contributed by atoms with Gasteiger partial charge in [-0.3, -0.25) is 0 Å². The molecule has 0 aliphatic rings. The average Bonchev–Trinajstić information content (AvgIpc) is 3.93. The molecule has 9 aromatic carbocycles. The number of hydrogen-bond acceptors (Lipinski definition) is 6. The molecule has 0 bridgehead atoms. The third-order valence-electron chi connectivity index (χ3n) is 11.7. The Morgan fingerprint density at radius 2 is 0.746 bits per heavy atom. The highest BCUT2D eigenvalue weighted by molar-refractivity contribution is 6.13. The van der Waals surface area contributed by atoms with Gasteiger partial charge in [0.15, 0.2) is 17.5 Å². The molecule has 6 heteroatoms. The molecule has 0 N–H and O–H groups in total. The second-order valence-corrected chi connectivity index (χ2v) is 15.6. The van der Waals surface area contributed by atoms with E-state index in [2.05, 4.69) is 132 Å². The van der Waals surface area contributed by atoms with Gasteiger partial charge < -0.3 is 13.7 Å². The molecule has 0 aliphatic carbocycles. The summed E-state index contributed by atoms with van der Waals surface area (Å²) < 4.78 is 12.7. The molecule has 0 fully saturated rings. The molecule has 0 saturated carbocycles. The van der Waals surface area contributed by atoms with E-state index in [0.717, 1.165) is 88.8 Å². The SMILES string of the molecule is c1ccc(-c2ccc(N(c3ccc(-c4ccc5oc6cccc(-c7nc(-c8ccccc8)nc(-c8ccccc8)n7)c6c5c4)cc3)c3ccc4oc5ccccc5c4c3)cc2)cc1. The molecule has 0 radical (unpaired) electrons. The number of benzene rings is 9. The molecule has 3 aromatic heterocycles. The third-order valence-corrected chi connectivity index (χ3v) is 11.7. The largest absolute Gasteiger partial charge is 0.456 e. The van der Waals surface area contributed by atoms with Crippen LogP contribution in [0.2, 0.25) is 0 Å². The molecule has 296 valence electrons. The summed E-state index contributed by atoms with van der Waals surface area (Å²) in [5.74, 6) is 1.82. The summed E-state index contributed by atoms with van der Waals surface area (Å²) in [6, 6.07) is 75.3. The first-order valence-corrected chi connectivity index (χ1v) is 21.0. The zero-order chi connectivity index (χ0) is 41.7. The highest BCUT2D eigenvalue weighted by atomic mass is 16.3. The Morgan fingerprint density at radius 1 is 0.286 bits per heavy atom. The van der Waals surface area contributed by atoms with Crippen molar-refractivity contribution >= 4 is 60.9 Å². The molecule has 0 amide bonds. The predicted molar refractivity (Wildman–Crippen MR) is 256 cm³/mol. The number of aromatic nitrogens is 3. The number of nitrogens with zero attached hydrogens (tertiary/aromatic N) is 4. The van der Waals surface area contributed by atoms with Crippen molar-refractivity contribution in [2.75, 3.05) is 4.90 Å². The lowest BCUT2D eigenvalue weighted by Crippen LogP contribution is -2.09. The monoisotopic (exact) mass is 808 g/mol. The van der Waals surface area contributed by atoms with E-state index in [-0.39, 0.29) is 0 Å². The Balaban J connectivity index is 0.954. The molecular weight excluding hydrogens is 773 g/mol. The molecule has 0 unspecified atom stereocenters. The van der Waals surface area contributed by atoms with Gasteiger partial charge in [0, 0.05) is 55.3 Å². The standard InChI is InChI=1S/C57H36N4O2/c1-4-13-37(14-5-1)38-23-28-43(29-24-38)61(45-32-34-51-48(36-45)46-19-10-11-21-50(46)62-51)44-30-25-39(26-31-44)42-27-33-52-49(35-42)54-47(20-12-22-53(54)63-52)57-59-55(40-15-6-2-7-16-40)58-56(60-57)41-17-8-3-9-18-41/h1-36H. The summed E-state index contributed by atoms with van der Waals surface area (Å²) in [4.78, 5) is 17.4. The second-order valence-electron chi connectivity index (χ2n) is 15.6. The average molecular weight is 809 g/mol. The molecule has 0 saturated heterocycles. The van der Waals surface area contributed by atoms with Gasteiger partial charge in [-0.15, -0.1) is 0 Å². The Kier molecular flexibility index (Phi) is 8.71. The van der Waals surface area contributed by atoms with E-state index in [1.54, 1.807) is 0 Å². The maximum Gasteiger partial charge on any atom is 0.164 e. The van der Waals surface area contributed by atoms with Crippen LogP contribution in [0.4, 0.5) is 17.1 Å². The zero-order valence-electron chi connectivity index (χ0n) is 33.9. The van der Waals surface area contributed by atoms with Crippen molar-refractivity contribution in [3.05, 3.63) is 218 Å². The van der Waals surface area contributed by atoms with Crippen molar-refractivity contribution in [3.8, 4) is 56.4 Å². The van der Waals surface area contributed by atoms with Crippen LogP contribution in [0.5, 0.6) is 0 Å². The van der Waals surface area contributed by atoms with Crippen LogP contribution in [-0.2, 0) is 0 Å². The van der Waals surface area contributed by atoms with Gasteiger partial charge in [0.25, 0.3) is 0 Å². The van der Waals surface area contributed by atoms with Gasteiger partial charge in [0.2, 0.25) is 0 Å². The molecule has 63 heavy (non-hydrogen) atoms. The quantitative estimate of drug-likeness (QED) is 0.152. The van der Waals surface area contributed by atoms with E-state index < -0.39 is 0 Å². The minimum absolute atomic E-state index is 0.587. The molecule has 12 rings (SSSR count). The van der Waals surface area contributed by atoms with E-state index in [4.69, 9.17) is 23.8 Å². The predicted octanol–water partition coefficient (Wildman–Crippen LogP) is 15.5. The fourth-order valence-corrected chi connectivity index (χ4v) is 8.66. The third kappa shape index (κ3) is 6.58. The van der Waals surface area contributed by atoms with E-state index in [1.165, 1.54) is 11.1 Å². The fraction of sp³-hybridized carbons (Fsp3) is 0. The van der Waals surface area contributed by atoms with Gasteiger partial charge in [0.05, 0.1) is 0 Å². The second kappa shape index (κ2) is 15.1. The lowest BCUT2D eigenvalue weighted by Gasteiger charge is -2.26. The summed E-state index contributed by atoms with van der Waals surface area (Å²) in [5.41, 5.74) is 13.7. The Labute approximate surface area is 363 Å². The number of anilines is 3. The van der Waals surface area contributed by atoms with E-state index >= 15 is 0 Å². The van der Waals surface area contributed by atoms with Gasteiger partial charge in [-0.05, 0) is 89.0 Å². The van der Waals surface area contributed by atoms with E-state index in [1.807, 2.05) is 91.0 Å². The smallest absolute Gasteiger partial charge is 0.164 e. The highest BCUT2D eigenvalue weighted by Crippen LogP contribution is 2.42. The Morgan fingerprint density at radius 3 is 1.41 bits per heavy atom. The molecule has 3 heterocycles. The van der Waals surface area contributed by atoms with Gasteiger partial charge in [0.1, 0.15) is 22.3 Å². The van der Waals surface area contributed by atoms with Crippen molar-refractivity contribution in [1.82, 2.24) is 15.0 Å². The van der Waals surface area contributed by atoms with Gasteiger partial charge in [-0.1, -0.05) is 152 Å². The van der Waals surface area contributed by atoms with Crippen molar-refractivity contribution in [2.24, 2.45) is 0 Å². The number of hydrogen-bond donors (Lipinski definition) is 0. The zero-order valence-corrected chi connectivity index (χ0v) is 33.9. The molecule has 0 atom stereocenters. The number of furan rings is 2. The van der Waals surface area contributed by atoms with Crippen LogP contribution in [0.3, 0.4) is 0 Å². The first-order chi connectivity index (χ1) is 31.2. The van der Waals surface area contributed by atoms with Crippen molar-refractivity contribution < 1.29 is 8.83 Å². The molecule has 6 nitrogen and oxygen atoms in total. The normalized spacial score (nSPS) is 11.5. The van der Waals surface area contributed by atoms with Gasteiger partial charge in [-0.25, -0.2) is 15.0 Å². The van der Waals surface area contributed by atoms with Crippen LogP contribution < -0.4 is 4.90 Å². The van der Waals surface area contributed by atoms with Crippen LogP contribution in [0.25, 0.3) is 100 Å². The van der Waals surface area contributed by atoms with E-state index in [0.29, 0.717) is 17.5 Å². The lowest BCUT2D eigenvalue weighted by molar-refractivity contribution is 0.668. The van der Waals surface area contributed by atoms with Crippen LogP contribution in [0.1, 0.15) is 0 Å². The van der Waals surface area contributed by atoms with E-state index in [9.17, 15) is 0 Å². The summed E-state index contributed by atoms with van der Waals surface area (Å²) >= 11 is 0. The van der Waals surface area contributed by atoms with Crippen LogP contribution in [-0.4, -0.2) is 15.0 Å². The fourth-order valence-electron chi connectivity index (χ4n) is 8.66. The minimum atomic E-state index is 0.587. The number of rotatable bonds is 8. The van der Waals surface area contributed by atoms with Gasteiger partial charge >= 0.3 is 0 Å². The van der Waals surface area contributed by atoms with Crippen molar-refractivity contribution in [1.29, 1.82) is 0 Å². The minimum Gasteiger partial charge on any atom is -0.456 e. The van der Waals surface area contributed by atoms with Crippen molar-refractivity contribution in [3.63, 3.8) is 0 Å². The first-order valence-electron chi connectivity index (χ1n) is 21.0. The summed E-state index contributed by atoms with van der Waals surface area (Å²) in [6.45, 7) is 0. The maximum absolute atomic E-state index is 6.49. The topological polar surface area (TPSA) is 68.2 Å². The highest BCUT2D eigenvalue weighted by Gasteiger charge is 2.20. The summed E-state index contributed by atoms with van der Waals surface area (Å²) in [7, 11) is 0. The Bertz CT molecular complexity index is 3540. The van der Waals surface area contributed by atoms with Crippen LogP contribution >= 0.6 is 0 Å². The lowest BCUT2D eigenvalue weighted by atomic mass is 10.00. The van der Waals surface area contributed by atoms with Crippen molar-refractivity contribution in [2.45, 2.75) is 0 Å². The number of para-hydroxylation sites is 1. The van der Waals surface area contributed by atoms with Gasteiger partial charge in [-0.2, -0.15) is 0 Å². The summed E-state index contributed by atoms with van der Waals surface area (Å²) in [5, 5.41) is 4.13. The summed E-state index contributed by atoms with van der Waals surface area (Å²) in [6.07, 6.45) is 0. The van der Waals surface area contributed by atoms with Crippen LogP contribution in [0, 0.1) is 0 Å². The van der Waals surface area contributed by atoms with Crippen LogP contribution in [0.15, 0.2) is 227 Å². The first kappa shape index (κ1) is 36.3. The Hall–Kier alpha value is -8.61. The molecule has 0 spiro atoms.